The number of para-hydroxylation sites is 2. The first-order valence-corrected chi connectivity index (χ1v) is 5.03. The van der Waals surface area contributed by atoms with Crippen molar-refractivity contribution < 1.29 is 4.74 Å². The zero-order chi connectivity index (χ0) is 11.5. The summed E-state index contributed by atoms with van der Waals surface area (Å²) in [6, 6.07) is 7.61. The van der Waals surface area contributed by atoms with Crippen LogP contribution in [0.4, 0.5) is 5.82 Å². The smallest absolute Gasteiger partial charge is 0.144 e. The fourth-order valence-electron chi connectivity index (χ4n) is 1.58. The SMILES string of the molecule is [CH2]Cc1cnn(-c2ccccc2OC)c1N. The van der Waals surface area contributed by atoms with E-state index in [0.717, 1.165) is 17.0 Å². The van der Waals surface area contributed by atoms with Crippen LogP contribution < -0.4 is 10.5 Å². The molecule has 0 aliphatic carbocycles. The first kappa shape index (κ1) is 10.5. The van der Waals surface area contributed by atoms with Crippen LogP contribution in [-0.2, 0) is 6.42 Å². The Morgan fingerprint density at radius 2 is 2.19 bits per heavy atom. The predicted octanol–water partition coefficient (Wildman–Crippen LogP) is 1.84. The molecule has 2 aromatic rings. The molecule has 0 atom stereocenters. The quantitative estimate of drug-likeness (QED) is 0.851. The Morgan fingerprint density at radius 3 is 2.81 bits per heavy atom. The minimum absolute atomic E-state index is 0.611. The summed E-state index contributed by atoms with van der Waals surface area (Å²) in [6.07, 6.45) is 2.36. The lowest BCUT2D eigenvalue weighted by molar-refractivity contribution is 0.412. The summed E-state index contributed by atoms with van der Waals surface area (Å²) < 4.78 is 6.93. The van der Waals surface area contributed by atoms with Crippen molar-refractivity contribution in [2.24, 2.45) is 0 Å². The van der Waals surface area contributed by atoms with Crippen molar-refractivity contribution >= 4 is 5.82 Å². The lowest BCUT2D eigenvalue weighted by Gasteiger charge is -2.09. The van der Waals surface area contributed by atoms with Gasteiger partial charge in [0, 0.05) is 5.56 Å². The number of benzene rings is 1. The number of nitrogen functional groups attached to an aromatic ring is 1. The summed E-state index contributed by atoms with van der Waals surface area (Å²) in [7, 11) is 1.63. The molecular weight excluding hydrogens is 202 g/mol. The molecule has 0 saturated heterocycles. The van der Waals surface area contributed by atoms with Gasteiger partial charge in [0.1, 0.15) is 17.3 Å². The molecule has 0 fully saturated rings. The zero-order valence-corrected chi connectivity index (χ0v) is 9.18. The van der Waals surface area contributed by atoms with Gasteiger partial charge in [0.15, 0.2) is 0 Å². The van der Waals surface area contributed by atoms with Crippen molar-refractivity contribution in [2.45, 2.75) is 6.42 Å². The van der Waals surface area contributed by atoms with Crippen molar-refractivity contribution in [3.63, 3.8) is 0 Å². The number of nitrogens with two attached hydrogens (primary N) is 1. The van der Waals surface area contributed by atoms with Crippen LogP contribution in [-0.4, -0.2) is 16.9 Å². The number of aromatic nitrogens is 2. The molecule has 1 aromatic heterocycles. The second-order valence-corrected chi connectivity index (χ2v) is 3.39. The Morgan fingerprint density at radius 1 is 1.44 bits per heavy atom. The molecule has 0 saturated carbocycles. The van der Waals surface area contributed by atoms with Gasteiger partial charge in [-0.1, -0.05) is 12.1 Å². The molecule has 0 aliphatic heterocycles. The number of nitrogens with zero attached hydrogens (tertiary/aromatic N) is 2. The van der Waals surface area contributed by atoms with Crippen LogP contribution in [0.15, 0.2) is 30.5 Å². The van der Waals surface area contributed by atoms with E-state index in [1.807, 2.05) is 24.3 Å². The predicted molar refractivity (Wildman–Crippen MR) is 63.6 cm³/mol. The van der Waals surface area contributed by atoms with Gasteiger partial charge < -0.3 is 10.5 Å². The monoisotopic (exact) mass is 216 g/mol. The third-order valence-corrected chi connectivity index (χ3v) is 2.47. The van der Waals surface area contributed by atoms with E-state index >= 15 is 0 Å². The third kappa shape index (κ3) is 1.62. The third-order valence-electron chi connectivity index (χ3n) is 2.47. The molecule has 2 N–H and O–H groups in total. The number of methoxy groups -OCH3 is 1. The average Bonchev–Trinajstić information content (AvgIpc) is 2.70. The molecule has 4 nitrogen and oxygen atoms in total. The Hall–Kier alpha value is -1.97. The topological polar surface area (TPSA) is 53.1 Å². The maximum Gasteiger partial charge on any atom is 0.144 e. The van der Waals surface area contributed by atoms with Crippen molar-refractivity contribution in [3.05, 3.63) is 42.9 Å². The van der Waals surface area contributed by atoms with Crippen molar-refractivity contribution in [1.82, 2.24) is 9.78 Å². The van der Waals surface area contributed by atoms with Crippen molar-refractivity contribution in [1.29, 1.82) is 0 Å². The highest BCUT2D eigenvalue weighted by Gasteiger charge is 2.10. The van der Waals surface area contributed by atoms with Crippen LogP contribution in [0.3, 0.4) is 0 Å². The van der Waals surface area contributed by atoms with E-state index in [0.29, 0.717) is 12.2 Å². The van der Waals surface area contributed by atoms with Gasteiger partial charge in [-0.2, -0.15) is 5.10 Å². The lowest BCUT2D eigenvalue weighted by atomic mass is 10.2. The van der Waals surface area contributed by atoms with Crippen molar-refractivity contribution in [3.8, 4) is 11.4 Å². The Bertz CT molecular complexity index is 491. The highest BCUT2D eigenvalue weighted by atomic mass is 16.5. The molecule has 83 valence electrons. The average molecular weight is 216 g/mol. The van der Waals surface area contributed by atoms with E-state index < -0.39 is 0 Å². The van der Waals surface area contributed by atoms with E-state index in [1.54, 1.807) is 18.0 Å². The molecule has 1 heterocycles. The van der Waals surface area contributed by atoms with Gasteiger partial charge in [-0.15, -0.1) is 0 Å². The second kappa shape index (κ2) is 4.26. The minimum Gasteiger partial charge on any atom is -0.494 e. The van der Waals surface area contributed by atoms with Gasteiger partial charge in [-0.05, 0) is 25.5 Å². The summed E-state index contributed by atoms with van der Waals surface area (Å²) in [5.41, 5.74) is 7.75. The van der Waals surface area contributed by atoms with Gasteiger partial charge in [0.25, 0.3) is 0 Å². The highest BCUT2D eigenvalue weighted by molar-refractivity contribution is 5.53. The van der Waals surface area contributed by atoms with Gasteiger partial charge in [-0.3, -0.25) is 0 Å². The number of ether oxygens (including phenoxy) is 1. The standard InChI is InChI=1S/C12H14N3O/c1-3-9-8-14-15(12(9)13)10-6-4-5-7-11(10)16-2/h4-8H,1,3,13H2,2H3. The Balaban J connectivity index is 2.54. The second-order valence-electron chi connectivity index (χ2n) is 3.39. The van der Waals surface area contributed by atoms with Crippen molar-refractivity contribution in [2.75, 3.05) is 12.8 Å². The minimum atomic E-state index is 0.611. The molecular formula is C12H14N3O. The summed E-state index contributed by atoms with van der Waals surface area (Å²) >= 11 is 0. The number of rotatable bonds is 3. The van der Waals surface area contributed by atoms with Crippen LogP contribution in [0.25, 0.3) is 5.69 Å². The van der Waals surface area contributed by atoms with Crippen LogP contribution in [0.2, 0.25) is 0 Å². The molecule has 0 bridgehead atoms. The summed E-state index contributed by atoms with van der Waals surface area (Å²) in [4.78, 5) is 0. The fourth-order valence-corrected chi connectivity index (χ4v) is 1.58. The van der Waals surface area contributed by atoms with E-state index in [9.17, 15) is 0 Å². The normalized spacial score (nSPS) is 10.4. The van der Waals surface area contributed by atoms with Gasteiger partial charge >= 0.3 is 0 Å². The largest absolute Gasteiger partial charge is 0.494 e. The fraction of sp³-hybridized carbons (Fsp3) is 0.167. The first-order valence-electron chi connectivity index (χ1n) is 5.03. The van der Waals surface area contributed by atoms with Crippen LogP contribution in [0, 0.1) is 6.92 Å². The zero-order valence-electron chi connectivity index (χ0n) is 9.18. The van der Waals surface area contributed by atoms with Crippen LogP contribution >= 0.6 is 0 Å². The first-order chi connectivity index (χ1) is 7.77. The molecule has 4 heteroatoms. The van der Waals surface area contributed by atoms with Gasteiger partial charge in [0.2, 0.25) is 0 Å². The van der Waals surface area contributed by atoms with E-state index in [1.165, 1.54) is 0 Å². The van der Waals surface area contributed by atoms with Crippen LogP contribution in [0.5, 0.6) is 5.75 Å². The number of anilines is 1. The van der Waals surface area contributed by atoms with Gasteiger partial charge in [-0.25, -0.2) is 4.68 Å². The molecule has 0 unspecified atom stereocenters. The molecule has 1 aromatic carbocycles. The molecule has 1 radical (unpaired) electrons. The van der Waals surface area contributed by atoms with E-state index in [2.05, 4.69) is 12.0 Å². The van der Waals surface area contributed by atoms with Gasteiger partial charge in [0.05, 0.1) is 13.3 Å². The van der Waals surface area contributed by atoms with E-state index in [-0.39, 0.29) is 0 Å². The molecule has 16 heavy (non-hydrogen) atoms. The lowest BCUT2D eigenvalue weighted by Crippen LogP contribution is -2.04. The maximum atomic E-state index is 5.97. The number of hydrogen-bond acceptors (Lipinski definition) is 3. The van der Waals surface area contributed by atoms with Crippen LogP contribution in [0.1, 0.15) is 5.56 Å². The maximum absolute atomic E-state index is 5.97. The Kier molecular flexibility index (Phi) is 2.81. The number of hydrogen-bond donors (Lipinski definition) is 1. The molecule has 2 rings (SSSR count). The summed E-state index contributed by atoms with van der Waals surface area (Å²) in [6.45, 7) is 3.80. The molecule has 0 spiro atoms. The molecule has 0 amide bonds. The molecule has 0 aliphatic rings. The Labute approximate surface area is 94.6 Å². The summed E-state index contributed by atoms with van der Waals surface area (Å²) in [5.74, 6) is 1.35. The summed E-state index contributed by atoms with van der Waals surface area (Å²) in [5, 5.41) is 4.24. The highest BCUT2D eigenvalue weighted by Crippen LogP contribution is 2.25. The van der Waals surface area contributed by atoms with E-state index in [4.69, 9.17) is 10.5 Å².